The average Bonchev–Trinajstić information content (AvgIpc) is 3.54. The van der Waals surface area contributed by atoms with Crippen LogP contribution in [0.25, 0.3) is 0 Å². The number of rotatable bonds is 6. The molecule has 5 rings (SSSR count). The molecule has 0 fully saturated rings. The smallest absolute Gasteiger partial charge is 0.266 e. The lowest BCUT2D eigenvalue weighted by Gasteiger charge is -2.21. The predicted molar refractivity (Wildman–Crippen MR) is 148 cm³/mol. The first-order valence-corrected chi connectivity index (χ1v) is 12.9. The lowest BCUT2D eigenvalue weighted by molar-refractivity contribution is 0.0951. The summed E-state index contributed by atoms with van der Waals surface area (Å²) in [6.45, 7) is 0. The Balaban J connectivity index is 1.37. The van der Waals surface area contributed by atoms with Gasteiger partial charge in [-0.3, -0.25) is 4.79 Å². The highest BCUT2D eigenvalue weighted by molar-refractivity contribution is 7.14. The number of aromatic nitrogens is 1. The van der Waals surface area contributed by atoms with Crippen LogP contribution in [0, 0.1) is 0 Å². The van der Waals surface area contributed by atoms with Crippen LogP contribution in [0.5, 0.6) is 0 Å². The number of nitrogens with one attached hydrogen (secondary N) is 1. The molecular weight excluding hydrogens is 537 g/mol. The third-order valence-electron chi connectivity index (χ3n) is 5.53. The highest BCUT2D eigenvalue weighted by Crippen LogP contribution is 2.38. The summed E-state index contributed by atoms with van der Waals surface area (Å²) in [5.74, 6) is -0.437. The third-order valence-corrected chi connectivity index (χ3v) is 7.17. The Kier molecular flexibility index (Phi) is 7.34. The van der Waals surface area contributed by atoms with Crippen molar-refractivity contribution < 1.29 is 4.79 Å². The van der Waals surface area contributed by atoms with Gasteiger partial charge in [0, 0.05) is 27.4 Å². The van der Waals surface area contributed by atoms with E-state index >= 15 is 0 Å². The largest absolute Gasteiger partial charge is 0.290 e. The first-order valence-electron chi connectivity index (χ1n) is 10.9. The molecule has 10 heteroatoms. The van der Waals surface area contributed by atoms with Crippen molar-refractivity contribution in [3.8, 4) is 0 Å². The Morgan fingerprint density at radius 3 is 2.53 bits per heavy atom. The minimum Gasteiger partial charge on any atom is -0.266 e. The summed E-state index contributed by atoms with van der Waals surface area (Å²) in [5.41, 5.74) is 6.41. The minimum absolute atomic E-state index is 0.0791. The number of hydrogen-bond donors (Lipinski definition) is 1. The van der Waals surface area contributed by atoms with E-state index in [9.17, 15) is 4.79 Å². The van der Waals surface area contributed by atoms with Gasteiger partial charge in [0.05, 0.1) is 23.0 Å². The maximum Gasteiger partial charge on any atom is 0.290 e. The van der Waals surface area contributed by atoms with Crippen LogP contribution in [-0.2, 0) is 0 Å². The second kappa shape index (κ2) is 10.8. The molecule has 2 heterocycles. The summed E-state index contributed by atoms with van der Waals surface area (Å²) >= 11 is 19.5. The molecule has 1 aromatic heterocycles. The standard InChI is InChI=1S/C26H18Cl3N5OS/c27-19-9-6-17(7-10-19)24-13-22(16-4-2-1-3-5-16)33-34(24)26-31-23(15-36-26)25(35)32-30-14-18-8-11-20(28)12-21(18)29/h1-12,14-15,24H,13H2,(H,32,35)/b30-14+. The number of benzene rings is 3. The van der Waals surface area contributed by atoms with E-state index in [1.54, 1.807) is 23.6 Å². The fraction of sp³-hybridized carbons (Fsp3) is 0.0769. The fourth-order valence-corrected chi connectivity index (χ4v) is 5.12. The van der Waals surface area contributed by atoms with Crippen LogP contribution >= 0.6 is 46.1 Å². The van der Waals surface area contributed by atoms with Gasteiger partial charge in [0.15, 0.2) is 0 Å². The fourth-order valence-electron chi connectivity index (χ4n) is 3.73. The van der Waals surface area contributed by atoms with E-state index in [1.165, 1.54) is 17.6 Å². The molecule has 180 valence electrons. The molecule has 6 nitrogen and oxygen atoms in total. The van der Waals surface area contributed by atoms with Crippen molar-refractivity contribution in [2.75, 3.05) is 5.01 Å². The molecule has 1 unspecified atom stereocenters. The van der Waals surface area contributed by atoms with E-state index < -0.39 is 5.91 Å². The van der Waals surface area contributed by atoms with Gasteiger partial charge in [0.1, 0.15) is 5.69 Å². The highest BCUT2D eigenvalue weighted by Gasteiger charge is 2.32. The molecule has 1 N–H and O–H groups in total. The van der Waals surface area contributed by atoms with Crippen molar-refractivity contribution in [2.45, 2.75) is 12.5 Å². The lowest BCUT2D eigenvalue weighted by Crippen LogP contribution is -2.20. The zero-order valence-corrected chi connectivity index (χ0v) is 21.7. The molecule has 3 aromatic carbocycles. The van der Waals surface area contributed by atoms with Crippen LogP contribution in [0.4, 0.5) is 5.13 Å². The van der Waals surface area contributed by atoms with Crippen molar-refractivity contribution in [2.24, 2.45) is 10.2 Å². The molecule has 1 aliphatic heterocycles. The molecule has 0 saturated carbocycles. The van der Waals surface area contributed by atoms with Gasteiger partial charge in [0.2, 0.25) is 5.13 Å². The number of anilines is 1. The highest BCUT2D eigenvalue weighted by atomic mass is 35.5. The molecule has 0 radical (unpaired) electrons. The van der Waals surface area contributed by atoms with E-state index in [0.717, 1.165) is 16.8 Å². The molecule has 0 spiro atoms. The number of carbonyl (C=O) groups is 1. The van der Waals surface area contributed by atoms with Gasteiger partial charge >= 0.3 is 0 Å². The van der Waals surface area contributed by atoms with Gasteiger partial charge in [-0.2, -0.15) is 10.2 Å². The van der Waals surface area contributed by atoms with Crippen molar-refractivity contribution >= 4 is 69.1 Å². The maximum atomic E-state index is 12.7. The number of amides is 1. The van der Waals surface area contributed by atoms with Crippen molar-refractivity contribution in [3.05, 3.63) is 116 Å². The second-order valence-corrected chi connectivity index (χ2v) is 10.0. The van der Waals surface area contributed by atoms with Crippen LogP contribution in [0.3, 0.4) is 0 Å². The number of thiazole rings is 1. The summed E-state index contributed by atoms with van der Waals surface area (Å²) in [5, 5.41) is 14.7. The van der Waals surface area contributed by atoms with Gasteiger partial charge in [0.25, 0.3) is 5.91 Å². The molecule has 36 heavy (non-hydrogen) atoms. The summed E-state index contributed by atoms with van der Waals surface area (Å²) in [7, 11) is 0. The second-order valence-electron chi connectivity index (χ2n) is 7.91. The van der Waals surface area contributed by atoms with Gasteiger partial charge in [-0.05, 0) is 35.4 Å². The number of carbonyl (C=O) groups excluding carboxylic acids is 1. The SMILES string of the molecule is O=C(N/N=C/c1ccc(Cl)cc1Cl)c1csc(N2N=C(c3ccccc3)CC2c2ccc(Cl)cc2)n1. The minimum atomic E-state index is -0.437. The molecule has 0 aliphatic carbocycles. The van der Waals surface area contributed by atoms with Crippen LogP contribution in [0.2, 0.25) is 15.1 Å². The van der Waals surface area contributed by atoms with Crippen molar-refractivity contribution in [1.82, 2.24) is 10.4 Å². The summed E-state index contributed by atoms with van der Waals surface area (Å²) in [4.78, 5) is 17.2. The first-order chi connectivity index (χ1) is 17.5. The Morgan fingerprint density at radius 1 is 1.03 bits per heavy atom. The normalized spacial score (nSPS) is 15.4. The molecule has 0 saturated heterocycles. The Labute approximate surface area is 226 Å². The molecule has 1 amide bonds. The number of hydrogen-bond acceptors (Lipinski definition) is 6. The molecule has 1 atom stereocenters. The third kappa shape index (κ3) is 5.44. The van der Waals surface area contributed by atoms with Gasteiger partial charge < -0.3 is 0 Å². The summed E-state index contributed by atoms with van der Waals surface area (Å²) in [6, 6.07) is 22.7. The van der Waals surface area contributed by atoms with Gasteiger partial charge in [-0.15, -0.1) is 11.3 Å². The summed E-state index contributed by atoms with van der Waals surface area (Å²) in [6.07, 6.45) is 2.15. The van der Waals surface area contributed by atoms with Crippen molar-refractivity contribution in [3.63, 3.8) is 0 Å². The van der Waals surface area contributed by atoms with Crippen LogP contribution < -0.4 is 10.4 Å². The molecule has 1 aliphatic rings. The zero-order valence-electron chi connectivity index (χ0n) is 18.6. The first kappa shape index (κ1) is 24.5. The van der Waals surface area contributed by atoms with Crippen LogP contribution in [0.1, 0.15) is 39.6 Å². The van der Waals surface area contributed by atoms with E-state index in [2.05, 4.69) is 15.5 Å². The van der Waals surface area contributed by atoms with E-state index in [1.807, 2.05) is 59.6 Å². The lowest BCUT2D eigenvalue weighted by atomic mass is 9.99. The average molecular weight is 555 g/mol. The quantitative estimate of drug-likeness (QED) is 0.202. The maximum absolute atomic E-state index is 12.7. The Hall–Kier alpha value is -3.23. The predicted octanol–water partition coefficient (Wildman–Crippen LogP) is 7.22. The molecule has 0 bridgehead atoms. The number of halogens is 3. The number of hydrazone groups is 2. The monoisotopic (exact) mass is 553 g/mol. The van der Waals surface area contributed by atoms with Crippen LogP contribution in [-0.4, -0.2) is 22.8 Å². The zero-order chi connectivity index (χ0) is 25.1. The van der Waals surface area contributed by atoms with E-state index in [-0.39, 0.29) is 11.7 Å². The topological polar surface area (TPSA) is 70.0 Å². The van der Waals surface area contributed by atoms with Gasteiger partial charge in [-0.1, -0.05) is 83.3 Å². The number of nitrogens with zero attached hydrogens (tertiary/aromatic N) is 4. The molecular formula is C26H18Cl3N5OS. The Bertz CT molecular complexity index is 1450. The van der Waals surface area contributed by atoms with E-state index in [0.29, 0.717) is 32.2 Å². The van der Waals surface area contributed by atoms with Crippen LogP contribution in [0.15, 0.2) is 88.4 Å². The summed E-state index contributed by atoms with van der Waals surface area (Å²) < 4.78 is 0. The van der Waals surface area contributed by atoms with E-state index in [4.69, 9.17) is 39.9 Å². The van der Waals surface area contributed by atoms with Gasteiger partial charge in [-0.25, -0.2) is 15.4 Å². The molecule has 4 aromatic rings. The Morgan fingerprint density at radius 2 is 1.78 bits per heavy atom. The van der Waals surface area contributed by atoms with Crippen molar-refractivity contribution in [1.29, 1.82) is 0 Å².